The molecule has 0 radical (unpaired) electrons. The summed E-state index contributed by atoms with van der Waals surface area (Å²) in [7, 11) is 0. The maximum Gasteiger partial charge on any atom is 0.255 e. The van der Waals surface area contributed by atoms with E-state index >= 15 is 0 Å². The monoisotopic (exact) mass is 401 g/mol. The molecule has 1 atom stereocenters. The molecule has 3 rings (SSSR count). The summed E-state index contributed by atoms with van der Waals surface area (Å²) in [6.07, 6.45) is 2.48. The smallest absolute Gasteiger partial charge is 0.255 e. The molecule has 0 aromatic heterocycles. The summed E-state index contributed by atoms with van der Waals surface area (Å²) in [6.45, 7) is 6.46. The van der Waals surface area contributed by atoms with Crippen molar-refractivity contribution < 1.29 is 4.79 Å². The lowest BCUT2D eigenvalue weighted by Gasteiger charge is -2.34. The fraction of sp³-hybridized carbons (Fsp3) is 0.350. The van der Waals surface area contributed by atoms with Gasteiger partial charge in [-0.2, -0.15) is 0 Å². The maximum absolute atomic E-state index is 12.5. The third-order valence-electron chi connectivity index (χ3n) is 4.72. The molecule has 0 spiro atoms. The first kappa shape index (κ1) is 17.8. The highest BCUT2D eigenvalue weighted by Gasteiger charge is 2.19. The fourth-order valence-electron chi connectivity index (χ4n) is 3.37. The second-order valence-corrected chi connectivity index (χ2v) is 7.80. The number of hydrogen-bond donors (Lipinski definition) is 2. The van der Waals surface area contributed by atoms with Gasteiger partial charge in [-0.25, -0.2) is 0 Å². The fourth-order valence-corrected chi connectivity index (χ4v) is 3.64. The van der Waals surface area contributed by atoms with Crippen LogP contribution in [0.3, 0.4) is 0 Å². The van der Waals surface area contributed by atoms with Gasteiger partial charge in [-0.15, -0.1) is 0 Å². The highest BCUT2D eigenvalue weighted by molar-refractivity contribution is 9.10. The number of nitrogen functional groups attached to an aromatic ring is 1. The van der Waals surface area contributed by atoms with E-state index < -0.39 is 0 Å². The molecule has 1 saturated heterocycles. The number of carbonyl (C=O) groups excluding carboxylic acids is 1. The Morgan fingerprint density at radius 2 is 2.00 bits per heavy atom. The molecule has 0 aliphatic carbocycles. The number of carbonyl (C=O) groups is 1. The van der Waals surface area contributed by atoms with E-state index in [0.717, 1.165) is 28.8 Å². The first-order valence-electron chi connectivity index (χ1n) is 8.66. The molecule has 132 valence electrons. The van der Waals surface area contributed by atoms with Crippen LogP contribution in [-0.4, -0.2) is 19.0 Å². The minimum Gasteiger partial charge on any atom is -0.397 e. The van der Waals surface area contributed by atoms with E-state index in [9.17, 15) is 4.79 Å². The van der Waals surface area contributed by atoms with Crippen molar-refractivity contribution in [3.8, 4) is 0 Å². The van der Waals surface area contributed by atoms with Gasteiger partial charge in [0.1, 0.15) is 0 Å². The highest BCUT2D eigenvalue weighted by Crippen LogP contribution is 2.32. The summed E-state index contributed by atoms with van der Waals surface area (Å²) in [5, 5.41) is 2.96. The first-order valence-corrected chi connectivity index (χ1v) is 9.45. The van der Waals surface area contributed by atoms with Gasteiger partial charge >= 0.3 is 0 Å². The molecule has 3 N–H and O–H groups in total. The largest absolute Gasteiger partial charge is 0.397 e. The third kappa shape index (κ3) is 4.15. The van der Waals surface area contributed by atoms with Gasteiger partial charge in [0.05, 0.1) is 11.4 Å². The second-order valence-electron chi connectivity index (χ2n) is 6.88. The van der Waals surface area contributed by atoms with Crippen LogP contribution in [0.25, 0.3) is 0 Å². The van der Waals surface area contributed by atoms with Gasteiger partial charge < -0.3 is 16.0 Å². The molecule has 1 aliphatic rings. The molecule has 1 amide bonds. The van der Waals surface area contributed by atoms with Crippen molar-refractivity contribution in [2.45, 2.75) is 26.7 Å². The molecular weight excluding hydrogens is 378 g/mol. The van der Waals surface area contributed by atoms with Crippen LogP contribution >= 0.6 is 15.9 Å². The van der Waals surface area contributed by atoms with Gasteiger partial charge in [0.15, 0.2) is 0 Å². The van der Waals surface area contributed by atoms with E-state index in [-0.39, 0.29) is 5.91 Å². The number of piperidine rings is 1. The van der Waals surface area contributed by atoms with Crippen molar-refractivity contribution in [1.29, 1.82) is 0 Å². The Balaban J connectivity index is 1.84. The number of nitrogens with zero attached hydrogens (tertiary/aromatic N) is 1. The Morgan fingerprint density at radius 1 is 1.28 bits per heavy atom. The van der Waals surface area contributed by atoms with Crippen LogP contribution in [0, 0.1) is 12.8 Å². The highest BCUT2D eigenvalue weighted by atomic mass is 79.9. The average molecular weight is 402 g/mol. The topological polar surface area (TPSA) is 58.4 Å². The molecule has 0 unspecified atom stereocenters. The summed E-state index contributed by atoms with van der Waals surface area (Å²) < 4.78 is 0.945. The number of benzene rings is 2. The zero-order valence-corrected chi connectivity index (χ0v) is 16.3. The molecule has 2 aromatic carbocycles. The second kappa shape index (κ2) is 7.48. The van der Waals surface area contributed by atoms with E-state index in [2.05, 4.69) is 40.0 Å². The Kier molecular flexibility index (Phi) is 5.33. The molecule has 2 aromatic rings. The molecule has 0 bridgehead atoms. The molecule has 1 fully saturated rings. The SMILES string of the molecule is Cc1cc(N)c(NC(=O)c2ccc(Br)cc2)cc1N1CCC[C@@H](C)C1. The van der Waals surface area contributed by atoms with Crippen molar-refractivity contribution in [2.75, 3.05) is 29.0 Å². The van der Waals surface area contributed by atoms with E-state index in [1.165, 1.54) is 12.8 Å². The summed E-state index contributed by atoms with van der Waals surface area (Å²) in [5.41, 5.74) is 10.3. The zero-order valence-electron chi connectivity index (χ0n) is 14.7. The number of aryl methyl sites for hydroxylation is 1. The van der Waals surface area contributed by atoms with Crippen LogP contribution in [0.1, 0.15) is 35.7 Å². The number of amides is 1. The predicted octanol–water partition coefficient (Wildman–Crippen LogP) is 4.83. The van der Waals surface area contributed by atoms with Gasteiger partial charge in [0.2, 0.25) is 0 Å². The lowest BCUT2D eigenvalue weighted by molar-refractivity contribution is 0.102. The summed E-state index contributed by atoms with van der Waals surface area (Å²) in [6, 6.07) is 11.3. The Morgan fingerprint density at radius 3 is 2.68 bits per heavy atom. The van der Waals surface area contributed by atoms with Crippen LogP contribution in [0.4, 0.5) is 17.1 Å². The van der Waals surface area contributed by atoms with E-state index in [0.29, 0.717) is 22.9 Å². The van der Waals surface area contributed by atoms with Gasteiger partial charge in [-0.1, -0.05) is 22.9 Å². The van der Waals surface area contributed by atoms with Crippen LogP contribution in [0.5, 0.6) is 0 Å². The molecule has 0 saturated carbocycles. The van der Waals surface area contributed by atoms with Crippen molar-refractivity contribution in [1.82, 2.24) is 0 Å². The average Bonchev–Trinajstić information content (AvgIpc) is 2.57. The summed E-state index contributed by atoms with van der Waals surface area (Å²) in [4.78, 5) is 14.9. The lowest BCUT2D eigenvalue weighted by atomic mass is 9.98. The third-order valence-corrected chi connectivity index (χ3v) is 5.25. The standard InChI is InChI=1S/C20H24BrN3O/c1-13-4-3-9-24(12-13)19-11-18(17(22)10-14(19)2)23-20(25)15-5-7-16(21)8-6-15/h5-8,10-11,13H,3-4,9,12,22H2,1-2H3,(H,23,25)/t13-/m1/s1. The lowest BCUT2D eigenvalue weighted by Crippen LogP contribution is -2.34. The number of rotatable bonds is 3. The number of nitrogens with one attached hydrogen (secondary N) is 1. The van der Waals surface area contributed by atoms with E-state index in [1.807, 2.05) is 24.3 Å². The minimum atomic E-state index is -0.152. The van der Waals surface area contributed by atoms with Crippen LogP contribution in [-0.2, 0) is 0 Å². The quantitative estimate of drug-likeness (QED) is 0.724. The molecule has 1 aliphatic heterocycles. The molecule has 1 heterocycles. The van der Waals surface area contributed by atoms with Crippen LogP contribution in [0.15, 0.2) is 40.9 Å². The normalized spacial score (nSPS) is 17.4. The van der Waals surface area contributed by atoms with Crippen LogP contribution < -0.4 is 16.0 Å². The zero-order chi connectivity index (χ0) is 18.0. The first-order chi connectivity index (χ1) is 11.9. The Labute approximate surface area is 157 Å². The number of halogens is 1. The Bertz CT molecular complexity index is 773. The number of hydrogen-bond acceptors (Lipinski definition) is 3. The van der Waals surface area contributed by atoms with E-state index in [1.54, 1.807) is 12.1 Å². The summed E-state index contributed by atoms with van der Waals surface area (Å²) >= 11 is 3.38. The van der Waals surface area contributed by atoms with Gasteiger partial charge in [-0.3, -0.25) is 4.79 Å². The van der Waals surface area contributed by atoms with Gasteiger partial charge in [-0.05, 0) is 67.6 Å². The van der Waals surface area contributed by atoms with Crippen molar-refractivity contribution in [3.63, 3.8) is 0 Å². The van der Waals surface area contributed by atoms with Crippen molar-refractivity contribution in [2.24, 2.45) is 5.92 Å². The molecular formula is C20H24BrN3O. The van der Waals surface area contributed by atoms with Crippen LogP contribution in [0.2, 0.25) is 0 Å². The van der Waals surface area contributed by atoms with Crippen molar-refractivity contribution >= 4 is 38.9 Å². The number of nitrogens with two attached hydrogens (primary N) is 1. The molecule has 25 heavy (non-hydrogen) atoms. The van der Waals surface area contributed by atoms with Crippen molar-refractivity contribution in [3.05, 3.63) is 52.0 Å². The molecule has 4 nitrogen and oxygen atoms in total. The maximum atomic E-state index is 12.5. The molecule has 5 heteroatoms. The predicted molar refractivity (Wildman–Crippen MR) is 108 cm³/mol. The van der Waals surface area contributed by atoms with E-state index in [4.69, 9.17) is 5.73 Å². The number of anilines is 3. The van der Waals surface area contributed by atoms with Gasteiger partial charge in [0, 0.05) is 28.8 Å². The van der Waals surface area contributed by atoms with Gasteiger partial charge in [0.25, 0.3) is 5.91 Å². The Hall–Kier alpha value is -2.01. The summed E-state index contributed by atoms with van der Waals surface area (Å²) in [5.74, 6) is 0.535. The minimum absolute atomic E-state index is 0.152.